The lowest BCUT2D eigenvalue weighted by Crippen LogP contribution is -2.32. The number of carbonyl (C=O) groups excluding carboxylic acids is 1. The Kier molecular flexibility index (Phi) is 1.28. The third-order valence-corrected chi connectivity index (χ3v) is 1.71. The van der Waals surface area contributed by atoms with Crippen LogP contribution in [0, 0.1) is 0 Å². The van der Waals surface area contributed by atoms with Crippen molar-refractivity contribution in [2.24, 2.45) is 0 Å². The molecule has 56 valence electrons. The van der Waals surface area contributed by atoms with Gasteiger partial charge in [0.05, 0.1) is 5.70 Å². The van der Waals surface area contributed by atoms with Crippen LogP contribution in [0.2, 0.25) is 0 Å². The van der Waals surface area contributed by atoms with Gasteiger partial charge in [0.2, 0.25) is 0 Å². The van der Waals surface area contributed by atoms with Crippen LogP contribution in [0.1, 0.15) is 0 Å². The summed E-state index contributed by atoms with van der Waals surface area (Å²) in [6, 6.07) is 0. The van der Waals surface area contributed by atoms with Crippen LogP contribution < -0.4 is 5.32 Å². The zero-order valence-corrected chi connectivity index (χ0v) is 5.90. The normalized spacial score (nSPS) is 26.0. The summed E-state index contributed by atoms with van der Waals surface area (Å²) >= 11 is 0. The molecule has 2 aliphatic rings. The first kappa shape index (κ1) is 6.22. The molecule has 0 bridgehead atoms. The number of nitrogens with one attached hydrogen (secondary N) is 1. The van der Waals surface area contributed by atoms with Crippen LogP contribution in [0.3, 0.4) is 0 Å². The second-order valence-electron chi connectivity index (χ2n) is 2.47. The van der Waals surface area contributed by atoms with Gasteiger partial charge >= 0.3 is 0 Å². The van der Waals surface area contributed by atoms with E-state index in [4.69, 9.17) is 0 Å². The Bertz CT molecular complexity index is 265. The lowest BCUT2D eigenvalue weighted by atomic mass is 10.3. The standard InChI is InChI=1S/C8H8N2O/c11-6-7-5-10-4-2-1-3-8(10)9-7/h1-6,8-9H. The molecule has 2 rings (SSSR count). The van der Waals surface area contributed by atoms with Crippen molar-refractivity contribution >= 4 is 6.29 Å². The van der Waals surface area contributed by atoms with Crippen LogP contribution >= 0.6 is 0 Å². The third-order valence-electron chi connectivity index (χ3n) is 1.71. The Labute approximate surface area is 64.7 Å². The Morgan fingerprint density at radius 2 is 2.45 bits per heavy atom. The van der Waals surface area contributed by atoms with Crippen molar-refractivity contribution in [1.82, 2.24) is 10.2 Å². The third kappa shape index (κ3) is 0.941. The number of rotatable bonds is 1. The van der Waals surface area contributed by atoms with Crippen molar-refractivity contribution < 1.29 is 4.79 Å². The zero-order valence-electron chi connectivity index (χ0n) is 5.90. The summed E-state index contributed by atoms with van der Waals surface area (Å²) in [5.41, 5.74) is 0.631. The molecule has 0 amide bonds. The lowest BCUT2D eigenvalue weighted by molar-refractivity contribution is -0.105. The molecule has 3 heteroatoms. The highest BCUT2D eigenvalue weighted by Crippen LogP contribution is 2.14. The van der Waals surface area contributed by atoms with Crippen LogP contribution in [0.4, 0.5) is 0 Å². The van der Waals surface area contributed by atoms with E-state index in [1.807, 2.05) is 29.3 Å². The number of carbonyl (C=O) groups is 1. The van der Waals surface area contributed by atoms with Gasteiger partial charge in [0.25, 0.3) is 0 Å². The first-order valence-corrected chi connectivity index (χ1v) is 3.46. The van der Waals surface area contributed by atoms with E-state index in [9.17, 15) is 4.79 Å². The Hall–Kier alpha value is -1.51. The van der Waals surface area contributed by atoms with Gasteiger partial charge < -0.3 is 10.2 Å². The van der Waals surface area contributed by atoms with E-state index in [-0.39, 0.29) is 6.17 Å². The first-order chi connectivity index (χ1) is 5.40. The van der Waals surface area contributed by atoms with Crippen molar-refractivity contribution in [3.8, 4) is 0 Å². The molecule has 0 saturated carbocycles. The predicted octanol–water partition coefficient (Wildman–Crippen LogP) is 0.341. The minimum atomic E-state index is 0.139. The van der Waals surface area contributed by atoms with Crippen molar-refractivity contribution in [3.05, 3.63) is 36.3 Å². The SMILES string of the molecule is O=CC1=CN2C=CC=CC2N1. The van der Waals surface area contributed by atoms with Gasteiger partial charge in [0, 0.05) is 12.4 Å². The molecule has 0 aromatic rings. The molecule has 0 fully saturated rings. The minimum Gasteiger partial charge on any atom is -0.358 e. The largest absolute Gasteiger partial charge is 0.358 e. The molecule has 1 atom stereocenters. The average molecular weight is 148 g/mol. The van der Waals surface area contributed by atoms with E-state index in [0.29, 0.717) is 5.70 Å². The molecule has 11 heavy (non-hydrogen) atoms. The molecular weight excluding hydrogens is 140 g/mol. The molecular formula is C8H8N2O. The first-order valence-electron chi connectivity index (χ1n) is 3.46. The second kappa shape index (κ2) is 2.27. The Morgan fingerprint density at radius 3 is 3.18 bits per heavy atom. The minimum absolute atomic E-state index is 0.139. The molecule has 0 saturated heterocycles. The molecule has 0 aliphatic carbocycles. The second-order valence-corrected chi connectivity index (χ2v) is 2.47. The summed E-state index contributed by atoms with van der Waals surface area (Å²) in [6.45, 7) is 0. The summed E-state index contributed by atoms with van der Waals surface area (Å²) in [4.78, 5) is 12.3. The van der Waals surface area contributed by atoms with Gasteiger partial charge in [-0.1, -0.05) is 6.08 Å². The van der Waals surface area contributed by atoms with Gasteiger partial charge in [-0.3, -0.25) is 4.79 Å². The maximum Gasteiger partial charge on any atom is 0.167 e. The van der Waals surface area contributed by atoms with Crippen LogP contribution in [0.25, 0.3) is 0 Å². The van der Waals surface area contributed by atoms with Crippen LogP contribution in [-0.2, 0) is 4.79 Å². The van der Waals surface area contributed by atoms with E-state index in [1.165, 1.54) is 0 Å². The fourth-order valence-electron chi connectivity index (χ4n) is 1.19. The van der Waals surface area contributed by atoms with Crippen LogP contribution in [-0.4, -0.2) is 17.4 Å². The topological polar surface area (TPSA) is 32.3 Å². The highest BCUT2D eigenvalue weighted by atomic mass is 16.1. The van der Waals surface area contributed by atoms with Crippen LogP contribution in [0.5, 0.6) is 0 Å². The van der Waals surface area contributed by atoms with Crippen molar-refractivity contribution in [1.29, 1.82) is 0 Å². The maximum atomic E-state index is 10.3. The summed E-state index contributed by atoms with van der Waals surface area (Å²) in [7, 11) is 0. The molecule has 2 heterocycles. The molecule has 2 aliphatic heterocycles. The van der Waals surface area contributed by atoms with Crippen molar-refractivity contribution in [3.63, 3.8) is 0 Å². The van der Waals surface area contributed by atoms with Crippen molar-refractivity contribution in [2.45, 2.75) is 6.17 Å². The number of nitrogens with zero attached hydrogens (tertiary/aromatic N) is 1. The molecule has 0 aromatic carbocycles. The van der Waals surface area contributed by atoms with Crippen molar-refractivity contribution in [2.75, 3.05) is 0 Å². The maximum absolute atomic E-state index is 10.3. The Balaban J connectivity index is 2.22. The highest BCUT2D eigenvalue weighted by molar-refractivity contribution is 5.73. The lowest BCUT2D eigenvalue weighted by Gasteiger charge is -2.20. The van der Waals surface area contributed by atoms with Gasteiger partial charge in [-0.05, 0) is 12.2 Å². The van der Waals surface area contributed by atoms with Gasteiger partial charge in [0.15, 0.2) is 6.29 Å². The molecule has 0 radical (unpaired) electrons. The van der Waals surface area contributed by atoms with E-state index >= 15 is 0 Å². The van der Waals surface area contributed by atoms with Gasteiger partial charge in [0.1, 0.15) is 6.17 Å². The number of hydrogen-bond acceptors (Lipinski definition) is 3. The molecule has 0 spiro atoms. The molecule has 1 unspecified atom stereocenters. The van der Waals surface area contributed by atoms with E-state index in [1.54, 1.807) is 6.20 Å². The zero-order chi connectivity index (χ0) is 7.68. The molecule has 3 nitrogen and oxygen atoms in total. The summed E-state index contributed by atoms with van der Waals surface area (Å²) in [5, 5.41) is 3.02. The fraction of sp³-hybridized carbons (Fsp3) is 0.125. The predicted molar refractivity (Wildman–Crippen MR) is 41.2 cm³/mol. The number of aldehydes is 1. The van der Waals surface area contributed by atoms with Gasteiger partial charge in [-0.15, -0.1) is 0 Å². The van der Waals surface area contributed by atoms with Crippen LogP contribution in [0.15, 0.2) is 36.3 Å². The highest BCUT2D eigenvalue weighted by Gasteiger charge is 2.19. The average Bonchev–Trinajstić information content (AvgIpc) is 2.46. The summed E-state index contributed by atoms with van der Waals surface area (Å²) in [6.07, 6.45) is 10.6. The van der Waals surface area contributed by atoms with E-state index < -0.39 is 0 Å². The number of hydrogen-bond donors (Lipinski definition) is 1. The number of fused-ring (bicyclic) bond motifs is 1. The monoisotopic (exact) mass is 148 g/mol. The van der Waals surface area contributed by atoms with Gasteiger partial charge in [-0.25, -0.2) is 0 Å². The summed E-state index contributed by atoms with van der Waals surface area (Å²) in [5.74, 6) is 0. The van der Waals surface area contributed by atoms with Gasteiger partial charge in [-0.2, -0.15) is 0 Å². The fourth-order valence-corrected chi connectivity index (χ4v) is 1.19. The quantitative estimate of drug-likeness (QED) is 0.544. The summed E-state index contributed by atoms with van der Waals surface area (Å²) < 4.78 is 0. The molecule has 1 N–H and O–H groups in total. The Morgan fingerprint density at radius 1 is 1.55 bits per heavy atom. The van der Waals surface area contributed by atoms with E-state index in [2.05, 4.69) is 5.32 Å². The van der Waals surface area contributed by atoms with E-state index in [0.717, 1.165) is 6.29 Å². The molecule has 0 aromatic heterocycles. The number of allylic oxidation sites excluding steroid dienone is 3. The smallest absolute Gasteiger partial charge is 0.167 e.